The van der Waals surface area contributed by atoms with Crippen molar-refractivity contribution in [2.24, 2.45) is 0 Å². The highest BCUT2D eigenvalue weighted by molar-refractivity contribution is 6.33. The van der Waals surface area contributed by atoms with Crippen LogP contribution in [-0.2, 0) is 0 Å². The van der Waals surface area contributed by atoms with E-state index in [1.54, 1.807) is 48.5 Å². The molecular weight excluding hydrogens is 382 g/mol. The van der Waals surface area contributed by atoms with Gasteiger partial charge in [0.05, 0.1) is 5.56 Å². The third-order valence-electron chi connectivity index (χ3n) is 3.80. The van der Waals surface area contributed by atoms with E-state index in [0.717, 1.165) is 18.1 Å². The molecule has 1 heterocycles. The molecule has 0 unspecified atom stereocenters. The van der Waals surface area contributed by atoms with E-state index in [9.17, 15) is 13.6 Å². The fourth-order valence-corrected chi connectivity index (χ4v) is 2.71. The Morgan fingerprint density at radius 2 is 1.79 bits per heavy atom. The Kier molecular flexibility index (Phi) is 5.72. The Morgan fingerprint density at radius 1 is 1.07 bits per heavy atom. The second-order valence-corrected chi connectivity index (χ2v) is 6.42. The van der Waals surface area contributed by atoms with Gasteiger partial charge in [-0.05, 0) is 41.8 Å². The van der Waals surface area contributed by atoms with Gasteiger partial charge in [-0.15, -0.1) is 0 Å². The Hall–Kier alpha value is -3.23. The number of hydrogen-bond acceptors (Lipinski definition) is 2. The maximum absolute atomic E-state index is 12.9. The highest BCUT2D eigenvalue weighted by Crippen LogP contribution is 2.29. The molecule has 1 N–H and O–H groups in total. The van der Waals surface area contributed by atoms with E-state index in [4.69, 9.17) is 11.6 Å². The van der Waals surface area contributed by atoms with Crippen LogP contribution < -0.4 is 5.32 Å². The average molecular weight is 397 g/mol. The van der Waals surface area contributed by atoms with Crippen LogP contribution in [0.2, 0.25) is 5.15 Å². The van der Waals surface area contributed by atoms with Crippen molar-refractivity contribution in [3.8, 4) is 23.0 Å². The molecule has 3 nitrogen and oxygen atoms in total. The summed E-state index contributed by atoms with van der Waals surface area (Å²) in [6, 6.07) is 17.3. The van der Waals surface area contributed by atoms with Crippen LogP contribution in [0.3, 0.4) is 0 Å². The molecule has 3 aromatic rings. The van der Waals surface area contributed by atoms with Crippen molar-refractivity contribution in [1.82, 2.24) is 4.98 Å². The topological polar surface area (TPSA) is 42.0 Å². The second-order valence-electron chi connectivity index (χ2n) is 6.06. The lowest BCUT2D eigenvalue weighted by atomic mass is 10.0. The molecule has 3 rings (SSSR count). The zero-order chi connectivity index (χ0) is 20.1. The van der Waals surface area contributed by atoms with Crippen LogP contribution in [0.15, 0.2) is 66.9 Å². The van der Waals surface area contributed by atoms with Gasteiger partial charge in [0, 0.05) is 29.9 Å². The quantitative estimate of drug-likeness (QED) is 0.458. The number of pyridine rings is 1. The van der Waals surface area contributed by atoms with E-state index >= 15 is 0 Å². The van der Waals surface area contributed by atoms with Gasteiger partial charge in [-0.2, -0.15) is 8.78 Å². The molecule has 2 aromatic carbocycles. The molecule has 0 aliphatic carbocycles. The molecule has 0 aliphatic heterocycles. The summed E-state index contributed by atoms with van der Waals surface area (Å²) in [6.45, 7) is 0.752. The summed E-state index contributed by atoms with van der Waals surface area (Å²) in [6.07, 6.45) is 1.51. The number of benzene rings is 2. The van der Waals surface area contributed by atoms with Gasteiger partial charge in [0.25, 0.3) is 5.91 Å². The minimum Gasteiger partial charge on any atom is -0.321 e. The van der Waals surface area contributed by atoms with E-state index in [-0.39, 0.29) is 16.6 Å². The Balaban J connectivity index is 1.87. The van der Waals surface area contributed by atoms with Gasteiger partial charge in [0.2, 0.25) is 0 Å². The first kappa shape index (κ1) is 19.5. The predicted molar refractivity (Wildman–Crippen MR) is 107 cm³/mol. The molecule has 0 aliphatic rings. The molecule has 0 atom stereocenters. The molecule has 140 valence electrons. The fourth-order valence-electron chi connectivity index (χ4n) is 2.50. The van der Waals surface area contributed by atoms with Gasteiger partial charge in [-0.1, -0.05) is 47.9 Å². The number of nitrogens with zero attached hydrogens (tertiary/aromatic N) is 1. The standard InChI is InChI=1S/C22H15ClF2N2O/c1-22(24,25)13-12-15-8-10-16(11-9-15)17-5-2-3-7-19(17)27-21(28)18-6-4-14-26-20(18)23/h2-11,14H,1H3,(H,27,28). The minimum absolute atomic E-state index is 0.119. The molecule has 0 radical (unpaired) electrons. The van der Waals surface area contributed by atoms with Gasteiger partial charge in [-0.3, -0.25) is 4.79 Å². The number of alkyl halides is 2. The van der Waals surface area contributed by atoms with Crippen molar-refractivity contribution in [2.45, 2.75) is 12.8 Å². The number of rotatable bonds is 3. The van der Waals surface area contributed by atoms with Crippen LogP contribution in [0.4, 0.5) is 14.5 Å². The third kappa shape index (κ3) is 4.93. The minimum atomic E-state index is -3.04. The highest BCUT2D eigenvalue weighted by Gasteiger charge is 2.16. The zero-order valence-corrected chi connectivity index (χ0v) is 15.6. The van der Waals surface area contributed by atoms with Crippen LogP contribution in [0.1, 0.15) is 22.8 Å². The Bertz CT molecular complexity index is 1060. The first-order chi connectivity index (χ1) is 13.3. The molecule has 6 heteroatoms. The number of hydrogen-bond donors (Lipinski definition) is 1. The van der Waals surface area contributed by atoms with Crippen molar-refractivity contribution in [1.29, 1.82) is 0 Å². The molecular formula is C22H15ClF2N2O. The smallest absolute Gasteiger partial charge is 0.305 e. The normalized spacial score (nSPS) is 10.7. The first-order valence-electron chi connectivity index (χ1n) is 8.36. The third-order valence-corrected chi connectivity index (χ3v) is 4.10. The molecule has 0 bridgehead atoms. The maximum atomic E-state index is 12.9. The predicted octanol–water partition coefficient (Wildman–Crippen LogP) is 5.66. The summed E-state index contributed by atoms with van der Waals surface area (Å²) in [5.74, 6) is 0.931. The molecule has 0 spiro atoms. The average Bonchev–Trinajstić information content (AvgIpc) is 2.67. The molecule has 28 heavy (non-hydrogen) atoms. The summed E-state index contributed by atoms with van der Waals surface area (Å²) in [5.41, 5.74) is 2.92. The van der Waals surface area contributed by atoms with E-state index in [2.05, 4.69) is 16.2 Å². The summed E-state index contributed by atoms with van der Waals surface area (Å²) in [7, 11) is 0. The maximum Gasteiger partial charge on any atom is 0.305 e. The van der Waals surface area contributed by atoms with Crippen molar-refractivity contribution in [2.75, 3.05) is 5.32 Å². The first-order valence-corrected chi connectivity index (χ1v) is 8.73. The van der Waals surface area contributed by atoms with Crippen LogP contribution in [0.25, 0.3) is 11.1 Å². The number of anilines is 1. The summed E-state index contributed by atoms with van der Waals surface area (Å²) < 4.78 is 25.7. The van der Waals surface area contributed by atoms with Crippen LogP contribution in [0.5, 0.6) is 0 Å². The number of amides is 1. The summed E-state index contributed by atoms with van der Waals surface area (Å²) >= 11 is 5.98. The van der Waals surface area contributed by atoms with Crippen molar-refractivity contribution in [3.63, 3.8) is 0 Å². The largest absolute Gasteiger partial charge is 0.321 e. The zero-order valence-electron chi connectivity index (χ0n) is 14.8. The van der Waals surface area contributed by atoms with Crippen LogP contribution in [-0.4, -0.2) is 16.8 Å². The number of carbonyl (C=O) groups excluding carboxylic acids is 1. The lowest BCUT2D eigenvalue weighted by Crippen LogP contribution is -2.13. The summed E-state index contributed by atoms with van der Waals surface area (Å²) in [5, 5.41) is 2.95. The molecule has 0 saturated carbocycles. The fraction of sp³-hybridized carbons (Fsp3) is 0.0909. The number of halogens is 3. The summed E-state index contributed by atoms with van der Waals surface area (Å²) in [4.78, 5) is 16.4. The van der Waals surface area contributed by atoms with Gasteiger partial charge >= 0.3 is 5.92 Å². The molecule has 0 fully saturated rings. The number of aromatic nitrogens is 1. The van der Waals surface area contributed by atoms with E-state index in [1.165, 1.54) is 6.20 Å². The Morgan fingerprint density at radius 3 is 2.46 bits per heavy atom. The van der Waals surface area contributed by atoms with Gasteiger partial charge in [-0.25, -0.2) is 4.98 Å². The molecule has 0 saturated heterocycles. The van der Waals surface area contributed by atoms with Crippen molar-refractivity contribution < 1.29 is 13.6 Å². The lowest BCUT2D eigenvalue weighted by molar-refractivity contribution is 0.0889. The molecule has 1 aromatic heterocycles. The second kappa shape index (κ2) is 8.20. The van der Waals surface area contributed by atoms with Crippen LogP contribution >= 0.6 is 11.6 Å². The van der Waals surface area contributed by atoms with E-state index < -0.39 is 5.92 Å². The van der Waals surface area contributed by atoms with E-state index in [1.807, 2.05) is 18.1 Å². The van der Waals surface area contributed by atoms with Crippen molar-refractivity contribution in [3.05, 3.63) is 83.1 Å². The van der Waals surface area contributed by atoms with Gasteiger partial charge < -0.3 is 5.32 Å². The highest BCUT2D eigenvalue weighted by atomic mass is 35.5. The molecule has 1 amide bonds. The Labute approximate surface area is 166 Å². The van der Waals surface area contributed by atoms with Gasteiger partial charge in [0.1, 0.15) is 5.15 Å². The van der Waals surface area contributed by atoms with Gasteiger partial charge in [0.15, 0.2) is 0 Å². The van der Waals surface area contributed by atoms with Crippen LogP contribution in [0, 0.1) is 11.8 Å². The van der Waals surface area contributed by atoms with E-state index in [0.29, 0.717) is 11.3 Å². The SMILES string of the molecule is CC(F)(F)C#Cc1ccc(-c2ccccc2NC(=O)c2cccnc2Cl)cc1. The lowest BCUT2D eigenvalue weighted by Gasteiger charge is -2.12. The number of carbonyl (C=O) groups is 1. The number of nitrogens with one attached hydrogen (secondary N) is 1. The number of para-hydroxylation sites is 1. The van der Waals surface area contributed by atoms with Crippen molar-refractivity contribution >= 4 is 23.2 Å². The monoisotopic (exact) mass is 396 g/mol.